The van der Waals surface area contributed by atoms with Gasteiger partial charge in [0.2, 0.25) is 0 Å². The molecule has 4 aromatic rings. The first kappa shape index (κ1) is 21.8. The first-order chi connectivity index (χ1) is 17.3. The van der Waals surface area contributed by atoms with Gasteiger partial charge in [-0.2, -0.15) is 0 Å². The molecule has 176 valence electrons. The molecule has 35 heavy (non-hydrogen) atoms. The molecule has 5 heterocycles. The van der Waals surface area contributed by atoms with Crippen molar-refractivity contribution >= 4 is 28.7 Å². The second kappa shape index (κ2) is 9.48. The maximum absolute atomic E-state index is 5.91. The Morgan fingerprint density at radius 2 is 1.69 bits per heavy atom. The Morgan fingerprint density at radius 1 is 0.857 bits per heavy atom. The minimum Gasteiger partial charge on any atom is -0.378 e. The number of ether oxygens (including phenoxy) is 1. The van der Waals surface area contributed by atoms with Crippen LogP contribution >= 0.6 is 12.2 Å². The average molecular weight is 483 g/mol. The predicted octanol–water partition coefficient (Wildman–Crippen LogP) is 4.28. The minimum absolute atomic E-state index is 0.0955. The van der Waals surface area contributed by atoms with Gasteiger partial charge in [0.15, 0.2) is 5.11 Å². The molecule has 6 rings (SSSR count). The lowest BCUT2D eigenvalue weighted by molar-refractivity contribution is 0.122. The van der Waals surface area contributed by atoms with Crippen molar-refractivity contribution < 1.29 is 4.74 Å². The summed E-state index contributed by atoms with van der Waals surface area (Å²) in [6.45, 7) is 3.35. The lowest BCUT2D eigenvalue weighted by atomic mass is 10.0. The SMILES string of the molecule is S=C1N[C@@H](c2ccccn2)[C@@H](c2cccn2-c2cccnc2)N1c1ccc(N2CCOCC2)cc1. The van der Waals surface area contributed by atoms with E-state index in [1.54, 1.807) is 6.20 Å². The van der Waals surface area contributed by atoms with Crippen LogP contribution < -0.4 is 15.1 Å². The van der Waals surface area contributed by atoms with Gasteiger partial charge in [-0.25, -0.2) is 0 Å². The minimum atomic E-state index is -0.104. The van der Waals surface area contributed by atoms with E-state index in [1.165, 1.54) is 5.69 Å². The van der Waals surface area contributed by atoms with Crippen LogP contribution in [0.3, 0.4) is 0 Å². The van der Waals surface area contributed by atoms with Gasteiger partial charge in [-0.05, 0) is 72.9 Å². The van der Waals surface area contributed by atoms with Crippen molar-refractivity contribution in [3.8, 4) is 5.69 Å². The molecule has 0 bridgehead atoms. The zero-order valence-corrected chi connectivity index (χ0v) is 20.0. The zero-order valence-electron chi connectivity index (χ0n) is 19.2. The van der Waals surface area contributed by atoms with Crippen molar-refractivity contribution in [2.45, 2.75) is 12.1 Å². The lowest BCUT2D eigenvalue weighted by Crippen LogP contribution is -2.36. The third-order valence-electron chi connectivity index (χ3n) is 6.61. The Hall–Kier alpha value is -3.75. The third kappa shape index (κ3) is 4.15. The maximum Gasteiger partial charge on any atom is 0.174 e. The van der Waals surface area contributed by atoms with Crippen LogP contribution in [0.15, 0.2) is 91.5 Å². The van der Waals surface area contributed by atoms with E-state index >= 15 is 0 Å². The molecule has 0 amide bonds. The molecule has 0 saturated carbocycles. The smallest absolute Gasteiger partial charge is 0.174 e. The highest BCUT2D eigenvalue weighted by molar-refractivity contribution is 7.80. The van der Waals surface area contributed by atoms with E-state index in [-0.39, 0.29) is 12.1 Å². The van der Waals surface area contributed by atoms with Gasteiger partial charge < -0.3 is 24.4 Å². The van der Waals surface area contributed by atoms with Crippen molar-refractivity contribution in [1.29, 1.82) is 0 Å². The Morgan fingerprint density at radius 3 is 2.43 bits per heavy atom. The molecule has 2 aliphatic heterocycles. The van der Waals surface area contributed by atoms with Crippen LogP contribution in [-0.4, -0.2) is 46.0 Å². The lowest BCUT2D eigenvalue weighted by Gasteiger charge is -2.31. The third-order valence-corrected chi connectivity index (χ3v) is 6.92. The maximum atomic E-state index is 5.91. The summed E-state index contributed by atoms with van der Waals surface area (Å²) in [6.07, 6.45) is 7.57. The molecule has 0 unspecified atom stereocenters. The topological polar surface area (TPSA) is 58.5 Å². The van der Waals surface area contributed by atoms with Crippen molar-refractivity contribution in [1.82, 2.24) is 19.9 Å². The van der Waals surface area contributed by atoms with Gasteiger partial charge in [-0.3, -0.25) is 9.97 Å². The number of hydrogen-bond acceptors (Lipinski definition) is 5. The summed E-state index contributed by atoms with van der Waals surface area (Å²) in [4.78, 5) is 13.6. The monoisotopic (exact) mass is 482 g/mol. The van der Waals surface area contributed by atoms with Gasteiger partial charge in [-0.15, -0.1) is 0 Å². The highest BCUT2D eigenvalue weighted by Crippen LogP contribution is 2.42. The summed E-state index contributed by atoms with van der Waals surface area (Å²) in [5, 5.41) is 4.24. The molecule has 1 aromatic carbocycles. The summed E-state index contributed by atoms with van der Waals surface area (Å²) in [5.41, 5.74) is 5.31. The quantitative estimate of drug-likeness (QED) is 0.426. The van der Waals surface area contributed by atoms with Crippen LogP contribution in [0.1, 0.15) is 23.5 Å². The van der Waals surface area contributed by atoms with Crippen LogP contribution in [0, 0.1) is 0 Å². The zero-order chi connectivity index (χ0) is 23.6. The van der Waals surface area contributed by atoms with Gasteiger partial charge in [0, 0.05) is 48.7 Å². The summed E-state index contributed by atoms with van der Waals surface area (Å²) in [7, 11) is 0. The molecule has 7 nitrogen and oxygen atoms in total. The molecule has 2 saturated heterocycles. The number of rotatable bonds is 5. The first-order valence-corrected chi connectivity index (χ1v) is 12.2. The normalized spacial score (nSPS) is 20.2. The molecule has 0 spiro atoms. The van der Waals surface area contributed by atoms with Gasteiger partial charge in [0.05, 0.1) is 36.8 Å². The average Bonchev–Trinajstić information content (AvgIpc) is 3.55. The molecule has 2 atom stereocenters. The van der Waals surface area contributed by atoms with Gasteiger partial charge in [-0.1, -0.05) is 6.07 Å². The van der Waals surface area contributed by atoms with Crippen molar-refractivity contribution in [2.24, 2.45) is 0 Å². The fourth-order valence-corrected chi connectivity index (χ4v) is 5.29. The number of pyridine rings is 2. The van der Waals surface area contributed by atoms with Crippen LogP contribution in [0.4, 0.5) is 11.4 Å². The van der Waals surface area contributed by atoms with Gasteiger partial charge in [0.25, 0.3) is 0 Å². The largest absolute Gasteiger partial charge is 0.378 e. The van der Waals surface area contributed by atoms with Crippen LogP contribution in [0.5, 0.6) is 0 Å². The number of thiocarbonyl (C=S) groups is 1. The number of hydrogen-bond donors (Lipinski definition) is 1. The predicted molar refractivity (Wildman–Crippen MR) is 141 cm³/mol. The number of anilines is 2. The molecular formula is C27H26N6OS. The fourth-order valence-electron chi connectivity index (χ4n) is 4.95. The number of nitrogens with one attached hydrogen (secondary N) is 1. The van der Waals surface area contributed by atoms with Gasteiger partial charge in [0.1, 0.15) is 6.04 Å². The number of aromatic nitrogens is 3. The second-order valence-corrected chi connectivity index (χ2v) is 9.01. The van der Waals surface area contributed by atoms with Crippen LogP contribution in [0.2, 0.25) is 0 Å². The van der Waals surface area contributed by atoms with Crippen molar-refractivity contribution in [3.63, 3.8) is 0 Å². The molecule has 0 radical (unpaired) electrons. The number of nitrogens with zero attached hydrogens (tertiary/aromatic N) is 5. The molecule has 3 aromatic heterocycles. The summed E-state index contributed by atoms with van der Waals surface area (Å²) >= 11 is 5.91. The summed E-state index contributed by atoms with van der Waals surface area (Å²) in [5.74, 6) is 0. The molecule has 2 fully saturated rings. The Labute approximate surface area is 210 Å². The van der Waals surface area contributed by atoms with Gasteiger partial charge >= 0.3 is 0 Å². The van der Waals surface area contributed by atoms with E-state index in [0.29, 0.717) is 5.11 Å². The Balaban J connectivity index is 1.41. The summed E-state index contributed by atoms with van der Waals surface area (Å²) < 4.78 is 7.69. The van der Waals surface area contributed by atoms with E-state index in [4.69, 9.17) is 17.0 Å². The highest BCUT2D eigenvalue weighted by Gasteiger charge is 2.42. The molecule has 0 aliphatic carbocycles. The van der Waals surface area contributed by atoms with Crippen molar-refractivity contribution in [2.75, 3.05) is 36.1 Å². The molecule has 1 N–H and O–H groups in total. The summed E-state index contributed by atoms with van der Waals surface area (Å²) in [6, 6.07) is 22.7. The molecular weight excluding hydrogens is 456 g/mol. The Bertz CT molecular complexity index is 1290. The number of morpholine rings is 1. The van der Waals surface area contributed by atoms with E-state index < -0.39 is 0 Å². The van der Waals surface area contributed by atoms with Crippen LogP contribution in [-0.2, 0) is 4.74 Å². The molecule has 8 heteroatoms. The first-order valence-electron chi connectivity index (χ1n) is 11.8. The van der Waals surface area contributed by atoms with E-state index in [0.717, 1.165) is 49.1 Å². The molecule has 2 aliphatic rings. The van der Waals surface area contributed by atoms with E-state index in [2.05, 4.69) is 84.4 Å². The Kier molecular flexibility index (Phi) is 5.89. The van der Waals surface area contributed by atoms with E-state index in [1.807, 2.05) is 30.6 Å². The highest BCUT2D eigenvalue weighted by atomic mass is 32.1. The van der Waals surface area contributed by atoms with E-state index in [9.17, 15) is 0 Å². The van der Waals surface area contributed by atoms with Crippen molar-refractivity contribution in [3.05, 3.63) is 103 Å². The van der Waals surface area contributed by atoms with Crippen LogP contribution in [0.25, 0.3) is 5.69 Å². The second-order valence-electron chi connectivity index (χ2n) is 8.63. The number of benzene rings is 1. The standard InChI is InChI=1S/C27H26N6OS/c35-27-30-25(23-6-1-2-13-29-23)26(24-7-4-14-32(24)22-5-3-12-28-19-22)33(27)21-10-8-20(9-11-21)31-15-17-34-18-16-31/h1-14,19,25-26H,15-18H2,(H,30,35)/t25-,26+/m0/s1. The fraction of sp³-hybridized carbons (Fsp3) is 0.222.